The Morgan fingerprint density at radius 3 is 0.903 bits per heavy atom. The number of nitrogens with zero attached hydrogens (tertiary/aromatic N) is 5. The molecular formula is C126H177N5O14. The number of hydrogen-bond acceptors (Lipinski definition) is 14. The summed E-state index contributed by atoms with van der Waals surface area (Å²) in [5.74, 6) is 0.649. The number of fused-ring (bicyclic) bond motifs is 28. The highest BCUT2D eigenvalue weighted by Crippen LogP contribution is 2.84. The highest BCUT2D eigenvalue weighted by Gasteiger charge is 2.80. The highest BCUT2D eigenvalue weighted by molar-refractivity contribution is 6.04. The molecule has 2 N–H and O–H groups in total. The van der Waals surface area contributed by atoms with Crippen molar-refractivity contribution in [3.8, 4) is 6.07 Å². The summed E-state index contributed by atoms with van der Waals surface area (Å²) < 4.78 is 10.9. The summed E-state index contributed by atoms with van der Waals surface area (Å²) in [6, 6.07) is 2.76. The molecule has 19 heteroatoms. The first-order chi connectivity index (χ1) is 66.7. The quantitative estimate of drug-likeness (QED) is 0.196. The Labute approximate surface area is 869 Å². The number of ether oxygens (including phenoxy) is 2. The minimum Gasteiger partial charge on any atom is -0.523 e. The van der Waals surface area contributed by atoms with Crippen LogP contribution in [0.15, 0.2) is 46.8 Å². The number of carboxylic acids is 1. The van der Waals surface area contributed by atoms with E-state index in [1.807, 2.05) is 59.8 Å². The van der Waals surface area contributed by atoms with Crippen LogP contribution in [-0.4, -0.2) is 82.8 Å². The third-order valence-electron chi connectivity index (χ3n) is 51.9. The van der Waals surface area contributed by atoms with Gasteiger partial charge in [-0.05, 0) is 344 Å². The number of hydrogen-bond donors (Lipinski definition) is 2. The van der Waals surface area contributed by atoms with Gasteiger partial charge < -0.3 is 34.1 Å². The van der Waals surface area contributed by atoms with E-state index in [1.54, 1.807) is 0 Å². The maximum atomic E-state index is 14.5. The van der Waals surface area contributed by atoms with Crippen molar-refractivity contribution < 1.29 is 67.6 Å². The van der Waals surface area contributed by atoms with Crippen molar-refractivity contribution in [3.05, 3.63) is 92.4 Å². The van der Waals surface area contributed by atoms with Crippen LogP contribution in [0.5, 0.6) is 0 Å². The highest BCUT2D eigenvalue weighted by atomic mass is 16.5. The van der Waals surface area contributed by atoms with Gasteiger partial charge in [-0.25, -0.2) is 19.4 Å². The fraction of sp³-hybridized carbons (Fsp3) is 0.817. The molecule has 0 amide bonds. The van der Waals surface area contributed by atoms with Crippen LogP contribution < -0.4 is 0 Å². The summed E-state index contributed by atoms with van der Waals surface area (Å²) in [4.78, 5) is 151. The zero-order valence-electron chi connectivity index (χ0n) is 94.3. The van der Waals surface area contributed by atoms with Gasteiger partial charge in [-0.1, -0.05) is 212 Å². The Hall–Kier alpha value is -7.69. The van der Waals surface area contributed by atoms with Crippen LogP contribution >= 0.6 is 0 Å². The molecule has 145 heavy (non-hydrogen) atoms. The first-order valence-electron chi connectivity index (χ1n) is 56.4. The lowest BCUT2D eigenvalue weighted by Crippen LogP contribution is -2.69. The normalized spacial score (nSPS) is 48.6. The lowest BCUT2D eigenvalue weighted by atomic mass is 9.31. The molecule has 0 bridgehead atoms. The summed E-state index contributed by atoms with van der Waals surface area (Å²) in [5, 5.41) is 32.0. The molecule has 0 radical (unpaired) electrons. The van der Waals surface area contributed by atoms with Gasteiger partial charge in [0.05, 0.1) is 68.2 Å². The van der Waals surface area contributed by atoms with Crippen molar-refractivity contribution in [3.63, 3.8) is 0 Å². The van der Waals surface area contributed by atoms with Crippen molar-refractivity contribution >= 4 is 58.4 Å². The molecule has 20 aliphatic carbocycles. The van der Waals surface area contributed by atoms with Gasteiger partial charge in [-0.2, -0.15) is 5.26 Å². The second-order valence-electron chi connectivity index (χ2n) is 60.9. The molecule has 19 nitrogen and oxygen atoms in total. The molecule has 0 aromatic heterocycles. The van der Waals surface area contributed by atoms with Crippen molar-refractivity contribution in [1.82, 2.24) is 0 Å². The summed E-state index contributed by atoms with van der Waals surface area (Å²) in [6.45, 7) is 93.3. The first-order valence-corrected chi connectivity index (χ1v) is 56.4. The number of nitriles is 1. The number of ketones is 7. The predicted octanol–water partition coefficient (Wildman–Crippen LogP) is 28.2. The Bertz CT molecular complexity index is 5910. The number of methoxy groups -OCH3 is 2. The molecule has 16 saturated carbocycles. The Morgan fingerprint density at radius 2 is 0.593 bits per heavy atom. The third kappa shape index (κ3) is 14.4. The number of aliphatic hydroxyl groups is 1. The number of Topliss-reactive ketones (excluding diaryl/α,β-unsaturated/α-hetero) is 7. The minimum atomic E-state index is -0.796. The van der Waals surface area contributed by atoms with E-state index in [0.29, 0.717) is 62.2 Å². The molecule has 790 valence electrons. The number of aliphatic carboxylic acids is 1. The van der Waals surface area contributed by atoms with Gasteiger partial charge in [0.25, 0.3) is 0 Å². The molecule has 0 heterocycles. The number of rotatable bonds is 3. The molecule has 0 saturated heterocycles. The fourth-order valence-electron chi connectivity index (χ4n) is 43.1. The molecule has 20 rings (SSSR count). The van der Waals surface area contributed by atoms with E-state index >= 15 is 0 Å². The van der Waals surface area contributed by atoms with Gasteiger partial charge >= 0.3 is 17.9 Å². The van der Waals surface area contributed by atoms with E-state index in [9.17, 15) is 63.4 Å². The van der Waals surface area contributed by atoms with E-state index in [2.05, 4.69) is 178 Å². The average molecular weight is 1990 g/mol. The van der Waals surface area contributed by atoms with Gasteiger partial charge in [-0.15, -0.1) is 0 Å². The Morgan fingerprint density at radius 1 is 0.331 bits per heavy atom. The lowest BCUT2D eigenvalue weighted by molar-refractivity contribution is -0.233. The monoisotopic (exact) mass is 1980 g/mol. The molecule has 0 unspecified atom stereocenters. The molecule has 0 aliphatic heterocycles. The van der Waals surface area contributed by atoms with E-state index < -0.39 is 54.7 Å². The Balaban J connectivity index is 0.000000132. The van der Waals surface area contributed by atoms with Gasteiger partial charge in [0, 0.05) is 71.0 Å². The number of esters is 2. The van der Waals surface area contributed by atoms with E-state index in [-0.39, 0.29) is 240 Å². The number of aliphatic hydroxyl groups excluding tert-OH is 1. The van der Waals surface area contributed by atoms with Gasteiger partial charge in [0.15, 0.2) is 17.3 Å². The maximum Gasteiger partial charge on any atom is 0.312 e. The van der Waals surface area contributed by atoms with Gasteiger partial charge in [0.1, 0.15) is 28.9 Å². The van der Waals surface area contributed by atoms with Crippen molar-refractivity contribution in [2.24, 2.45) is 225 Å². The van der Waals surface area contributed by atoms with E-state index in [4.69, 9.17) is 35.8 Å². The van der Waals surface area contributed by atoms with Crippen LogP contribution in [0.25, 0.3) is 19.4 Å². The minimum absolute atomic E-state index is 0.00280. The summed E-state index contributed by atoms with van der Waals surface area (Å²) in [6.07, 6.45) is 33.0. The largest absolute Gasteiger partial charge is 0.523 e. The van der Waals surface area contributed by atoms with Crippen molar-refractivity contribution in [1.29, 1.82) is 5.26 Å². The van der Waals surface area contributed by atoms with Crippen LogP contribution in [0.2, 0.25) is 0 Å². The lowest BCUT2D eigenvalue weighted by Gasteiger charge is -2.72. The van der Waals surface area contributed by atoms with Gasteiger partial charge in [-0.3, -0.25) is 33.6 Å². The van der Waals surface area contributed by atoms with Gasteiger partial charge in [0.2, 0.25) is 22.8 Å². The van der Waals surface area contributed by atoms with Crippen LogP contribution in [0.1, 0.15) is 406 Å². The molecule has 0 aromatic rings. The van der Waals surface area contributed by atoms with Crippen molar-refractivity contribution in [2.45, 2.75) is 406 Å². The zero-order valence-corrected chi connectivity index (χ0v) is 94.3. The number of allylic oxidation sites excluding steroid dienone is 8. The first kappa shape index (κ1) is 109. The standard InChI is InChI=1S/C32H47NO4.C32H45NO4.C31H42N2O2.C31H43NO4/c2*1-27(2)12-14-32(26(36)37-9)15-13-31(7)24(19(32)17-27)21(34)16-23-29(5)18-20(33-8)25(35)28(3,4)22(29)10-11-30(23,31)6;1-26(2)11-13-31(18-32)14-12-30(7)24(19(31)16-26)21(34)15-23-28(5)17-20(33-8)25(35)27(3,4)22(28)9-10-29(23,30)6;1-26(2)11-13-31(25(35)36)14-12-30(7)23(18(31)16-26)20(33)15-22-28(5)17-19(32-8)24(34)27(3,4)21(28)9-10-29(22,30)6/h19,22-24,35H,10-18H2,1-7,9H3;18-19,22-24H,10-17H2,1-7,9H3;17,19,22-24H,9-16H2,1-7H3;17-18,21-23H,9-16H2,1-7H3,(H,35,36)/t2*19-,22-,23+,24-,29-,30+,31+,32-;19-,22-,23+,24-,28-,29+,30+,31+;18-,21-,22+,23-,28-,29+,30+,31-/m0000/s1. The number of carbonyl (C=O) groups excluding carboxylic acids is 9. The molecule has 16 fully saturated rings. The van der Waals surface area contributed by atoms with Crippen LogP contribution in [0, 0.1) is 262 Å². The van der Waals surface area contributed by atoms with Crippen LogP contribution in [0.3, 0.4) is 0 Å². The molecule has 20 aliphatic rings. The molecule has 0 aromatic carbocycles. The van der Waals surface area contributed by atoms with Crippen LogP contribution in [-0.2, 0) is 57.4 Å². The summed E-state index contributed by atoms with van der Waals surface area (Å²) >= 11 is 0. The van der Waals surface area contributed by atoms with Crippen LogP contribution in [0.4, 0.5) is 0 Å². The van der Waals surface area contributed by atoms with Crippen molar-refractivity contribution in [2.75, 3.05) is 14.2 Å². The Kier molecular flexibility index (Phi) is 25.2. The predicted molar refractivity (Wildman–Crippen MR) is 558 cm³/mol. The smallest absolute Gasteiger partial charge is 0.312 e. The van der Waals surface area contributed by atoms with E-state index in [1.165, 1.54) is 14.2 Å². The summed E-state index contributed by atoms with van der Waals surface area (Å²) in [7, 11) is 3.00. The zero-order chi connectivity index (χ0) is 107. The molecular weight excluding hydrogens is 1810 g/mol. The van der Waals surface area contributed by atoms with E-state index in [0.717, 1.165) is 167 Å². The maximum absolute atomic E-state index is 14.5. The second-order valence-corrected chi connectivity index (χ2v) is 60.9. The average Bonchev–Trinajstić information content (AvgIpc) is 0.675. The summed E-state index contributed by atoms with van der Waals surface area (Å²) in [5.41, 5.74) is -5.74. The fourth-order valence-corrected chi connectivity index (χ4v) is 43.1. The topological polar surface area (TPSA) is 271 Å². The number of carbonyl (C=O) groups is 10. The SMILES string of the molecule is [C-]#[N+]C1=C(O)C(C)(C)[C@@H]2CC[C@]3(C)[C@H](CC(=O)[C@@H]4[C@@H]5CC(C)(C)CC[C@]5(C(=O)OC)CC[C@]43C)[C@@]2(C)C1.[C-]#[N+]C1=C[C@]2(C)[C@H]3CC(=O)[C@@H]4[C@@H]5CC(C)(C)CC[C@]5(C#N)CC[C@@]4(C)[C@]3(C)CC[C@H]2C(C)(C)C1=O.[C-]#[N+]C1=C[C@]2(C)[C@H]3CC(=O)[C@@H]4[C@@H]5CC(C)(C)CC[C@]5(C(=O)O)CC[C@@]4(C)[C@]3(C)CC[C@H]2C(C)(C)C1=O.[C-]#[N+]C1=C[C@]2(C)[C@H]3CC(=O)[C@@H]4[C@@H]5CC(C)(C)CC[C@]5(C(=O)OC)CC[C@@]4(C)[C@]3(C)CC[C@H]2C(C)(C)C1=O. The third-order valence-corrected chi connectivity index (χ3v) is 51.9. The second kappa shape index (κ2) is 33.7. The molecule has 32 atom stereocenters. The number of carboxylic acid groups (broad SMARTS) is 1. The molecule has 0 spiro atoms.